The van der Waals surface area contributed by atoms with E-state index in [1.165, 1.54) is 31.1 Å². The van der Waals surface area contributed by atoms with E-state index in [4.69, 9.17) is 14.2 Å². The first-order valence-electron chi connectivity index (χ1n) is 16.1. The van der Waals surface area contributed by atoms with Gasteiger partial charge in [0.1, 0.15) is 23.5 Å². The average molecular weight is 684 g/mol. The molecule has 1 saturated carbocycles. The number of hydrogen-bond acceptors (Lipinski definition) is 7. The molecule has 2 amide bonds. The lowest BCUT2D eigenvalue weighted by atomic mass is 9.85. The van der Waals surface area contributed by atoms with Gasteiger partial charge in [0.25, 0.3) is 5.92 Å². The molecule has 0 radical (unpaired) electrons. The van der Waals surface area contributed by atoms with Gasteiger partial charge in [-0.3, -0.25) is 9.59 Å². The molecule has 6 unspecified atom stereocenters. The third-order valence-corrected chi connectivity index (χ3v) is 9.92. The Morgan fingerprint density at radius 2 is 1.83 bits per heavy atom. The number of nitrogens with zero attached hydrogens (tertiary/aromatic N) is 2. The van der Waals surface area contributed by atoms with Crippen LogP contribution in [0.15, 0.2) is 18.2 Å². The molecule has 1 aromatic heterocycles. The minimum Gasteiger partial charge on any atom is -0.497 e. The fourth-order valence-corrected chi connectivity index (χ4v) is 7.13. The summed E-state index contributed by atoms with van der Waals surface area (Å²) in [6, 6.07) is 1.20. The molecule has 2 aliphatic heterocycles. The van der Waals surface area contributed by atoms with Crippen molar-refractivity contribution in [1.29, 1.82) is 0 Å². The number of benzene rings is 1. The topological polar surface area (TPSA) is 107 Å². The number of amides is 2. The van der Waals surface area contributed by atoms with Crippen LogP contribution in [0, 0.1) is 17.3 Å². The third-order valence-electron chi connectivity index (χ3n) is 9.92. The number of ketones is 1. The minimum atomic E-state index is -5.22. The summed E-state index contributed by atoms with van der Waals surface area (Å²) in [6.45, 7) is 9.35. The number of alkyl halides is 5. The zero-order valence-corrected chi connectivity index (χ0v) is 28.1. The van der Waals surface area contributed by atoms with Gasteiger partial charge in [-0.05, 0) is 50.7 Å². The van der Waals surface area contributed by atoms with E-state index in [2.05, 4.69) is 10.3 Å². The number of Topliss-reactive ketones (excluding diaryl/α,β-unsaturated/α-hetero) is 1. The van der Waals surface area contributed by atoms with E-state index in [-0.39, 0.29) is 36.6 Å². The molecule has 2 bridgehead atoms. The number of rotatable bonds is 2. The van der Waals surface area contributed by atoms with Gasteiger partial charge in [-0.2, -0.15) is 13.2 Å². The minimum absolute atomic E-state index is 0.121. The number of ether oxygens (including phenoxy) is 3. The van der Waals surface area contributed by atoms with Crippen LogP contribution in [0.1, 0.15) is 84.8 Å². The van der Waals surface area contributed by atoms with Crippen molar-refractivity contribution < 1.29 is 50.5 Å². The number of alkyl carbamates (subject to hydrolysis) is 1. The highest BCUT2D eigenvalue weighted by molar-refractivity contribution is 5.93. The standard InChI is InChI=1S/C34H42F5N3O6/c1-17-23-16-42(26(17)18(2)43)29(44)27(31(3,4)5)41-30(45)48-32(6)15-19(32)10-8-9-13-33(35,36)25-24(34(37,38)39)21-12-11-20(46-7)14-22(21)40-28(25)47-23/h11-12,14,17,19,23,26-27H,8-10,13,15-16H2,1-7H3,(H,41,45). The monoisotopic (exact) mass is 683 g/mol. The lowest BCUT2D eigenvalue weighted by molar-refractivity contribution is -0.141. The molecule has 14 heteroatoms. The zero-order chi connectivity index (χ0) is 35.6. The van der Waals surface area contributed by atoms with Crippen molar-refractivity contribution in [2.45, 2.75) is 110 Å². The molecule has 9 nitrogen and oxygen atoms in total. The molecule has 5 rings (SSSR count). The summed E-state index contributed by atoms with van der Waals surface area (Å²) >= 11 is 0. The molecule has 0 spiro atoms. The molecule has 48 heavy (non-hydrogen) atoms. The lowest BCUT2D eigenvalue weighted by Gasteiger charge is -2.35. The predicted molar refractivity (Wildman–Crippen MR) is 165 cm³/mol. The number of carbonyl (C=O) groups is 3. The van der Waals surface area contributed by atoms with Crippen molar-refractivity contribution in [2.75, 3.05) is 13.7 Å². The maximum absolute atomic E-state index is 16.3. The third kappa shape index (κ3) is 6.76. The van der Waals surface area contributed by atoms with Crippen molar-refractivity contribution in [3.05, 3.63) is 29.3 Å². The molecule has 6 atom stereocenters. The molecule has 1 aliphatic carbocycles. The summed E-state index contributed by atoms with van der Waals surface area (Å²) in [7, 11) is 1.31. The highest BCUT2D eigenvalue weighted by atomic mass is 19.4. The van der Waals surface area contributed by atoms with Gasteiger partial charge in [-0.1, -0.05) is 34.1 Å². The van der Waals surface area contributed by atoms with E-state index in [1.54, 1.807) is 34.6 Å². The van der Waals surface area contributed by atoms with E-state index < -0.39 is 93.8 Å². The summed E-state index contributed by atoms with van der Waals surface area (Å²) in [4.78, 5) is 45.6. The molecular formula is C34H42F5N3O6. The number of aromatic nitrogens is 1. The predicted octanol–water partition coefficient (Wildman–Crippen LogP) is 7.03. The molecule has 264 valence electrons. The number of hydrogen-bond donors (Lipinski definition) is 1. The Morgan fingerprint density at radius 1 is 1.15 bits per heavy atom. The molecule has 2 fully saturated rings. The summed E-state index contributed by atoms with van der Waals surface area (Å²) in [5.41, 5.74) is -4.97. The zero-order valence-electron chi connectivity index (χ0n) is 28.1. The summed E-state index contributed by atoms with van der Waals surface area (Å²) in [5, 5.41) is 2.14. The van der Waals surface area contributed by atoms with Crippen LogP contribution in [0.3, 0.4) is 0 Å². The summed E-state index contributed by atoms with van der Waals surface area (Å²) in [6.07, 6.45) is -7.17. The Morgan fingerprint density at radius 3 is 2.44 bits per heavy atom. The Bertz CT molecular complexity index is 1610. The van der Waals surface area contributed by atoms with Gasteiger partial charge in [0, 0.05) is 29.7 Å². The van der Waals surface area contributed by atoms with Crippen LogP contribution < -0.4 is 14.8 Å². The molecular weight excluding hydrogens is 641 g/mol. The molecule has 3 aliphatic rings. The second-order valence-corrected chi connectivity index (χ2v) is 14.6. The molecule has 1 N–H and O–H groups in total. The molecule has 1 saturated heterocycles. The highest BCUT2D eigenvalue weighted by Gasteiger charge is 2.55. The van der Waals surface area contributed by atoms with Crippen LogP contribution in [0.4, 0.5) is 26.7 Å². The van der Waals surface area contributed by atoms with E-state index >= 15 is 8.78 Å². The lowest BCUT2D eigenvalue weighted by Crippen LogP contribution is -2.57. The van der Waals surface area contributed by atoms with Crippen LogP contribution in [0.5, 0.6) is 11.6 Å². The van der Waals surface area contributed by atoms with Gasteiger partial charge >= 0.3 is 12.3 Å². The van der Waals surface area contributed by atoms with Gasteiger partial charge in [0.2, 0.25) is 11.8 Å². The van der Waals surface area contributed by atoms with Gasteiger partial charge in [0.15, 0.2) is 5.78 Å². The Hall–Kier alpha value is -3.71. The van der Waals surface area contributed by atoms with Crippen LogP contribution in [0.2, 0.25) is 0 Å². The van der Waals surface area contributed by atoms with Crippen LogP contribution in [-0.2, 0) is 26.4 Å². The molecule has 3 heterocycles. The number of fused-ring (bicyclic) bond motifs is 5. The summed E-state index contributed by atoms with van der Waals surface area (Å²) in [5.74, 6) is -6.88. The smallest absolute Gasteiger partial charge is 0.417 e. The van der Waals surface area contributed by atoms with Gasteiger partial charge < -0.3 is 24.4 Å². The number of pyridine rings is 1. The van der Waals surface area contributed by atoms with E-state index in [0.29, 0.717) is 12.8 Å². The number of halogens is 5. The second-order valence-electron chi connectivity index (χ2n) is 14.6. The summed E-state index contributed by atoms with van der Waals surface area (Å²) < 4.78 is 94.0. The van der Waals surface area contributed by atoms with Gasteiger partial charge in [-0.15, -0.1) is 0 Å². The quantitative estimate of drug-likeness (QED) is 0.339. The van der Waals surface area contributed by atoms with E-state index in [9.17, 15) is 27.6 Å². The van der Waals surface area contributed by atoms with Crippen molar-refractivity contribution in [3.63, 3.8) is 0 Å². The Balaban J connectivity index is 1.68. The fraction of sp³-hybridized carbons (Fsp3) is 0.647. The van der Waals surface area contributed by atoms with E-state index in [1.807, 2.05) is 0 Å². The second kappa shape index (κ2) is 12.3. The Labute approximate surface area is 275 Å². The van der Waals surface area contributed by atoms with Gasteiger partial charge in [-0.25, -0.2) is 18.6 Å². The normalized spacial score (nSPS) is 29.8. The van der Waals surface area contributed by atoms with Crippen molar-refractivity contribution in [2.24, 2.45) is 17.3 Å². The first-order chi connectivity index (χ1) is 22.2. The highest BCUT2D eigenvalue weighted by Crippen LogP contribution is 2.52. The van der Waals surface area contributed by atoms with Crippen LogP contribution in [-0.4, -0.2) is 65.1 Å². The van der Waals surface area contributed by atoms with Crippen LogP contribution in [0.25, 0.3) is 10.9 Å². The maximum atomic E-state index is 16.3. The Kier molecular flexibility index (Phi) is 9.13. The fourth-order valence-electron chi connectivity index (χ4n) is 7.13. The average Bonchev–Trinajstić information content (AvgIpc) is 3.48. The first kappa shape index (κ1) is 35.6. The van der Waals surface area contributed by atoms with Crippen molar-refractivity contribution >= 4 is 28.7 Å². The van der Waals surface area contributed by atoms with Crippen LogP contribution >= 0.6 is 0 Å². The SMILES string of the molecule is COc1ccc2c(C(F)(F)F)c3c(nc2c1)OC1CN(C(=O)C(C(C)(C)C)NC(=O)OC2(C)CC2CCCCC3(F)F)C(C(C)=O)C1C. The van der Waals surface area contributed by atoms with Gasteiger partial charge in [0.05, 0.1) is 36.3 Å². The van der Waals surface area contributed by atoms with E-state index in [0.717, 1.165) is 6.07 Å². The molecule has 1 aromatic carbocycles. The van der Waals surface area contributed by atoms with Crippen molar-refractivity contribution in [3.8, 4) is 11.6 Å². The number of carbonyl (C=O) groups excluding carboxylic acids is 3. The number of nitrogens with one attached hydrogen (secondary N) is 1. The first-order valence-corrected chi connectivity index (χ1v) is 16.1. The maximum Gasteiger partial charge on any atom is 0.417 e. The van der Waals surface area contributed by atoms with Crippen molar-refractivity contribution in [1.82, 2.24) is 15.2 Å². The number of methoxy groups -OCH3 is 1. The molecule has 2 aromatic rings. The largest absolute Gasteiger partial charge is 0.497 e.